The molecule has 0 saturated heterocycles. The maximum absolute atomic E-state index is 12.4. The number of alkyl halides is 2. The predicted molar refractivity (Wildman–Crippen MR) is 69.4 cm³/mol. The third-order valence-electron chi connectivity index (χ3n) is 2.52. The fourth-order valence-corrected chi connectivity index (χ4v) is 3.03. The van der Waals surface area contributed by atoms with Gasteiger partial charge in [0.1, 0.15) is 5.69 Å². The van der Waals surface area contributed by atoms with Crippen molar-refractivity contribution in [3.8, 4) is 0 Å². The Hall–Kier alpha value is -1.85. The van der Waals surface area contributed by atoms with E-state index in [-0.39, 0.29) is 0 Å². The Balaban J connectivity index is 3.21. The van der Waals surface area contributed by atoms with Gasteiger partial charge in [0.2, 0.25) is 10.0 Å². The fraction of sp³-hybridized carbons (Fsp3) is 0.400. The number of anilines is 1. The molecule has 0 fully saturated rings. The molecule has 0 radical (unpaired) electrons. The van der Waals surface area contributed by atoms with Crippen LogP contribution in [0.15, 0.2) is 23.1 Å². The molecule has 118 valence electrons. The van der Waals surface area contributed by atoms with Crippen molar-refractivity contribution in [1.29, 1.82) is 0 Å². The summed E-state index contributed by atoms with van der Waals surface area (Å²) in [5.74, 6) is 0. The maximum atomic E-state index is 12.4. The molecule has 1 aromatic rings. The highest BCUT2D eigenvalue weighted by Crippen LogP contribution is 2.26. The van der Waals surface area contributed by atoms with Crippen molar-refractivity contribution in [3.63, 3.8) is 0 Å². The number of nitrogens with zero attached hydrogens (tertiary/aromatic N) is 2. The highest BCUT2D eigenvalue weighted by molar-refractivity contribution is 7.89. The standard InChI is InChI=1S/C10H13F2N3O5S/c11-10(12)6-14(3-4-16)21(19,20)7-1-2-9(15(17)18)8(13)5-7/h1-2,5,10,16H,3-4,6,13H2. The molecule has 0 amide bonds. The molecule has 0 spiro atoms. The predicted octanol–water partition coefficient (Wildman–Crippen LogP) is 0.425. The van der Waals surface area contributed by atoms with E-state index in [0.29, 0.717) is 4.31 Å². The van der Waals surface area contributed by atoms with Gasteiger partial charge < -0.3 is 10.8 Å². The molecule has 0 aromatic heterocycles. The normalized spacial score (nSPS) is 12.0. The molecule has 0 saturated carbocycles. The Morgan fingerprint density at radius 1 is 1.43 bits per heavy atom. The molecule has 1 aromatic carbocycles. The monoisotopic (exact) mass is 325 g/mol. The van der Waals surface area contributed by atoms with Crippen LogP contribution in [0, 0.1) is 10.1 Å². The van der Waals surface area contributed by atoms with Gasteiger partial charge in [-0.1, -0.05) is 0 Å². The summed E-state index contributed by atoms with van der Waals surface area (Å²) < 4.78 is 49.5. The highest BCUT2D eigenvalue weighted by atomic mass is 32.2. The zero-order valence-corrected chi connectivity index (χ0v) is 11.5. The second-order valence-corrected chi connectivity index (χ2v) is 5.89. The third kappa shape index (κ3) is 4.06. The van der Waals surface area contributed by atoms with Gasteiger partial charge in [-0.05, 0) is 12.1 Å². The van der Waals surface area contributed by atoms with Crippen LogP contribution in [0.5, 0.6) is 0 Å². The van der Waals surface area contributed by atoms with Crippen LogP contribution in [0.25, 0.3) is 0 Å². The number of hydrogen-bond acceptors (Lipinski definition) is 6. The number of nitro groups is 1. The van der Waals surface area contributed by atoms with Crippen LogP contribution in [0.1, 0.15) is 0 Å². The molecule has 21 heavy (non-hydrogen) atoms. The van der Waals surface area contributed by atoms with Gasteiger partial charge in [0, 0.05) is 12.6 Å². The van der Waals surface area contributed by atoms with E-state index < -0.39 is 57.3 Å². The average molecular weight is 325 g/mol. The van der Waals surface area contributed by atoms with Crippen molar-refractivity contribution < 1.29 is 27.2 Å². The molecular weight excluding hydrogens is 312 g/mol. The number of nitrogen functional groups attached to an aromatic ring is 1. The van der Waals surface area contributed by atoms with Crippen molar-refractivity contribution in [2.24, 2.45) is 0 Å². The molecule has 0 atom stereocenters. The van der Waals surface area contributed by atoms with Gasteiger partial charge in [0.25, 0.3) is 12.1 Å². The SMILES string of the molecule is Nc1cc(S(=O)(=O)N(CCO)CC(F)F)ccc1[N+](=O)[O-]. The third-order valence-corrected chi connectivity index (χ3v) is 4.39. The maximum Gasteiger partial charge on any atom is 0.292 e. The van der Waals surface area contributed by atoms with Crippen LogP contribution in [0.3, 0.4) is 0 Å². The lowest BCUT2D eigenvalue weighted by Gasteiger charge is -2.20. The fourth-order valence-electron chi connectivity index (χ4n) is 1.58. The average Bonchev–Trinajstić information content (AvgIpc) is 2.37. The molecule has 1 rings (SSSR count). The lowest BCUT2D eigenvalue weighted by Crippen LogP contribution is -2.37. The Bertz CT molecular complexity index is 623. The van der Waals surface area contributed by atoms with Gasteiger partial charge in [0.15, 0.2) is 0 Å². The van der Waals surface area contributed by atoms with Gasteiger partial charge in [-0.2, -0.15) is 4.31 Å². The number of nitrogens with two attached hydrogens (primary N) is 1. The van der Waals surface area contributed by atoms with Crippen molar-refractivity contribution in [1.82, 2.24) is 4.31 Å². The number of aliphatic hydroxyl groups is 1. The lowest BCUT2D eigenvalue weighted by atomic mass is 10.3. The molecular formula is C10H13F2N3O5S. The summed E-state index contributed by atoms with van der Waals surface area (Å²) in [6.45, 7) is -2.27. The number of rotatable bonds is 7. The number of sulfonamides is 1. The molecule has 8 nitrogen and oxygen atoms in total. The summed E-state index contributed by atoms with van der Waals surface area (Å²) in [7, 11) is -4.33. The Kier molecular flexibility index (Phi) is 5.52. The van der Waals surface area contributed by atoms with Crippen LogP contribution in [0.4, 0.5) is 20.2 Å². The van der Waals surface area contributed by atoms with Gasteiger partial charge >= 0.3 is 0 Å². The van der Waals surface area contributed by atoms with E-state index in [1.807, 2.05) is 0 Å². The molecule has 0 bridgehead atoms. The Morgan fingerprint density at radius 3 is 2.48 bits per heavy atom. The number of halogens is 2. The summed E-state index contributed by atoms with van der Waals surface area (Å²) in [6, 6.07) is 2.60. The molecule has 0 aliphatic carbocycles. The van der Waals surface area contributed by atoms with Gasteiger partial charge in [-0.3, -0.25) is 10.1 Å². The first-order valence-electron chi connectivity index (χ1n) is 5.63. The van der Waals surface area contributed by atoms with E-state index in [4.69, 9.17) is 10.8 Å². The van der Waals surface area contributed by atoms with Crippen molar-refractivity contribution >= 4 is 21.4 Å². The second-order valence-electron chi connectivity index (χ2n) is 3.96. The van der Waals surface area contributed by atoms with Crippen LogP contribution in [0.2, 0.25) is 0 Å². The molecule has 0 aliphatic heterocycles. The number of nitro benzene ring substituents is 1. The Labute approximate surface area is 119 Å². The first-order valence-corrected chi connectivity index (χ1v) is 7.07. The summed E-state index contributed by atoms with van der Waals surface area (Å²) in [6.07, 6.45) is -2.93. The molecule has 0 heterocycles. The van der Waals surface area contributed by atoms with Gasteiger partial charge in [-0.25, -0.2) is 17.2 Å². The van der Waals surface area contributed by atoms with Crippen LogP contribution >= 0.6 is 0 Å². The summed E-state index contributed by atoms with van der Waals surface area (Å²) in [5.41, 5.74) is 4.48. The molecule has 11 heteroatoms. The van der Waals surface area contributed by atoms with Gasteiger partial charge in [0.05, 0.1) is 23.0 Å². The zero-order valence-electron chi connectivity index (χ0n) is 10.6. The van der Waals surface area contributed by atoms with E-state index in [1.54, 1.807) is 0 Å². The van der Waals surface area contributed by atoms with Crippen molar-refractivity contribution in [2.75, 3.05) is 25.4 Å². The molecule has 0 aliphatic rings. The minimum absolute atomic E-state index is 0.387. The highest BCUT2D eigenvalue weighted by Gasteiger charge is 2.28. The summed E-state index contributed by atoms with van der Waals surface area (Å²) >= 11 is 0. The minimum atomic E-state index is -4.33. The van der Waals surface area contributed by atoms with E-state index in [2.05, 4.69) is 0 Å². The van der Waals surface area contributed by atoms with Crippen molar-refractivity contribution in [3.05, 3.63) is 28.3 Å². The topological polar surface area (TPSA) is 127 Å². The molecule has 0 unspecified atom stereocenters. The first-order chi connectivity index (χ1) is 9.70. The van der Waals surface area contributed by atoms with E-state index >= 15 is 0 Å². The van der Waals surface area contributed by atoms with Gasteiger partial charge in [-0.15, -0.1) is 0 Å². The number of hydrogen-bond donors (Lipinski definition) is 2. The smallest absolute Gasteiger partial charge is 0.292 e. The number of benzene rings is 1. The number of aliphatic hydroxyl groups excluding tert-OH is 1. The first kappa shape index (κ1) is 17.2. The minimum Gasteiger partial charge on any atom is -0.395 e. The van der Waals surface area contributed by atoms with Crippen LogP contribution in [-0.2, 0) is 10.0 Å². The Morgan fingerprint density at radius 2 is 2.05 bits per heavy atom. The summed E-state index contributed by atoms with van der Waals surface area (Å²) in [4.78, 5) is 9.34. The van der Waals surface area contributed by atoms with E-state index in [0.717, 1.165) is 18.2 Å². The van der Waals surface area contributed by atoms with Crippen LogP contribution in [-0.4, -0.2) is 48.9 Å². The zero-order chi connectivity index (χ0) is 16.2. The van der Waals surface area contributed by atoms with Crippen molar-refractivity contribution in [2.45, 2.75) is 11.3 Å². The second kappa shape index (κ2) is 6.74. The van der Waals surface area contributed by atoms with E-state index in [9.17, 15) is 27.3 Å². The lowest BCUT2D eigenvalue weighted by molar-refractivity contribution is -0.383. The van der Waals surface area contributed by atoms with Crippen LogP contribution < -0.4 is 5.73 Å². The largest absolute Gasteiger partial charge is 0.395 e. The summed E-state index contributed by atoms with van der Waals surface area (Å²) in [5, 5.41) is 19.4. The van der Waals surface area contributed by atoms with E-state index in [1.165, 1.54) is 0 Å². The quantitative estimate of drug-likeness (QED) is 0.425. The molecule has 3 N–H and O–H groups in total.